The molecule has 2 aromatic heterocycles. The number of H-pyrrole nitrogens is 2. The first kappa shape index (κ1) is 25.1. The Morgan fingerprint density at radius 3 is 2.35 bits per heavy atom. The molecular formula is C29H45N7O. The number of nitrogens with zero attached hydrogens (tertiary/aromatic N) is 5. The lowest BCUT2D eigenvalue weighted by atomic mass is 9.77. The molecule has 2 aromatic rings. The number of hydrogen-bond acceptors (Lipinski definition) is 5. The van der Waals surface area contributed by atoms with Crippen LogP contribution in [0.25, 0.3) is 0 Å². The zero-order chi connectivity index (χ0) is 25.1. The minimum absolute atomic E-state index is 0.0223. The Kier molecular flexibility index (Phi) is 7.65. The van der Waals surface area contributed by atoms with Gasteiger partial charge in [0.05, 0.1) is 6.54 Å². The summed E-state index contributed by atoms with van der Waals surface area (Å²) in [4.78, 5) is 35.7. The fourth-order valence-corrected chi connectivity index (χ4v) is 7.84. The van der Waals surface area contributed by atoms with E-state index in [1.807, 2.05) is 11.1 Å². The van der Waals surface area contributed by atoms with Crippen LogP contribution in [0.15, 0.2) is 24.8 Å². The molecule has 4 fully saturated rings. The molecule has 0 aromatic carbocycles. The van der Waals surface area contributed by atoms with Crippen LogP contribution < -0.4 is 0 Å². The van der Waals surface area contributed by atoms with Crippen molar-refractivity contribution in [3.63, 3.8) is 0 Å². The standard InChI is InChI=1S/C29H45N7O/c37-28(27-32-15-16-33-27)36(21-26-30-13-14-31-26)25-8-6-23(7-9-25)20-34-17-10-29(22-34)11-18-35(19-12-29)24-4-2-1-3-5-24/h13-16,23-25H,1-12,17-22H2,(H,30,31)(H,32,33). The van der Waals surface area contributed by atoms with Crippen molar-refractivity contribution in [3.8, 4) is 0 Å². The highest BCUT2D eigenvalue weighted by Crippen LogP contribution is 2.42. The maximum absolute atomic E-state index is 13.3. The van der Waals surface area contributed by atoms with Crippen molar-refractivity contribution < 1.29 is 4.79 Å². The van der Waals surface area contributed by atoms with Gasteiger partial charge in [0.15, 0.2) is 5.82 Å². The van der Waals surface area contributed by atoms with Crippen LogP contribution in [0.5, 0.6) is 0 Å². The summed E-state index contributed by atoms with van der Waals surface area (Å²) in [6.07, 6.45) is 22.9. The number of hydrogen-bond donors (Lipinski definition) is 2. The number of carbonyl (C=O) groups excluding carboxylic acids is 1. The number of likely N-dealkylation sites (tertiary alicyclic amines) is 2. The van der Waals surface area contributed by atoms with E-state index in [0.29, 0.717) is 17.8 Å². The van der Waals surface area contributed by atoms with Gasteiger partial charge < -0.3 is 24.7 Å². The van der Waals surface area contributed by atoms with Crippen LogP contribution in [0.1, 0.15) is 93.5 Å². The van der Waals surface area contributed by atoms with Crippen molar-refractivity contribution in [2.24, 2.45) is 11.3 Å². The first-order chi connectivity index (χ1) is 18.2. The monoisotopic (exact) mass is 507 g/mol. The number of rotatable bonds is 7. The van der Waals surface area contributed by atoms with Crippen LogP contribution >= 0.6 is 0 Å². The molecule has 202 valence electrons. The van der Waals surface area contributed by atoms with Gasteiger partial charge in [0.25, 0.3) is 5.91 Å². The fourth-order valence-electron chi connectivity index (χ4n) is 7.84. The Morgan fingerprint density at radius 2 is 1.65 bits per heavy atom. The molecule has 1 amide bonds. The average molecular weight is 508 g/mol. The molecule has 2 N–H and O–H groups in total. The molecular weight excluding hydrogens is 462 g/mol. The number of carbonyl (C=O) groups is 1. The zero-order valence-corrected chi connectivity index (χ0v) is 22.4. The van der Waals surface area contributed by atoms with Gasteiger partial charge in [-0.05, 0) is 88.8 Å². The third kappa shape index (κ3) is 5.80. The molecule has 1 spiro atoms. The van der Waals surface area contributed by atoms with E-state index in [2.05, 4.69) is 29.7 Å². The van der Waals surface area contributed by atoms with Crippen LogP contribution in [0.4, 0.5) is 0 Å². The average Bonchev–Trinajstić information content (AvgIpc) is 3.72. The van der Waals surface area contributed by atoms with Gasteiger partial charge in [0, 0.05) is 50.0 Å². The maximum atomic E-state index is 13.3. The number of aromatic amines is 2. The molecule has 37 heavy (non-hydrogen) atoms. The Labute approximate surface area is 221 Å². The minimum Gasteiger partial charge on any atom is -0.347 e. The van der Waals surface area contributed by atoms with Crippen molar-refractivity contribution in [1.82, 2.24) is 34.6 Å². The van der Waals surface area contributed by atoms with E-state index in [1.165, 1.54) is 96.9 Å². The van der Waals surface area contributed by atoms with Gasteiger partial charge in [-0.15, -0.1) is 0 Å². The summed E-state index contributed by atoms with van der Waals surface area (Å²) in [6.45, 7) is 7.01. The summed E-state index contributed by atoms with van der Waals surface area (Å²) in [7, 11) is 0. The van der Waals surface area contributed by atoms with Gasteiger partial charge in [-0.1, -0.05) is 19.3 Å². The largest absolute Gasteiger partial charge is 0.347 e. The molecule has 2 saturated carbocycles. The van der Waals surface area contributed by atoms with Crippen LogP contribution in [-0.4, -0.2) is 85.4 Å². The number of piperidine rings is 1. The predicted molar refractivity (Wildman–Crippen MR) is 144 cm³/mol. The van der Waals surface area contributed by atoms with E-state index < -0.39 is 0 Å². The molecule has 2 aliphatic heterocycles. The quantitative estimate of drug-likeness (QED) is 0.578. The van der Waals surface area contributed by atoms with Crippen molar-refractivity contribution in [2.75, 3.05) is 32.7 Å². The Balaban J connectivity index is 0.989. The van der Waals surface area contributed by atoms with E-state index in [9.17, 15) is 4.79 Å². The Morgan fingerprint density at radius 1 is 0.919 bits per heavy atom. The lowest BCUT2D eigenvalue weighted by Crippen LogP contribution is -2.47. The van der Waals surface area contributed by atoms with Crippen molar-refractivity contribution in [3.05, 3.63) is 36.4 Å². The molecule has 4 aliphatic rings. The molecule has 0 atom stereocenters. The van der Waals surface area contributed by atoms with Crippen molar-refractivity contribution in [2.45, 2.75) is 95.7 Å². The maximum Gasteiger partial charge on any atom is 0.290 e. The molecule has 2 aliphatic carbocycles. The normalized spacial score (nSPS) is 27.6. The Bertz CT molecular complexity index is 968. The summed E-state index contributed by atoms with van der Waals surface area (Å²) in [5, 5.41) is 0. The summed E-state index contributed by atoms with van der Waals surface area (Å²) in [5.74, 6) is 1.98. The van der Waals surface area contributed by atoms with Gasteiger partial charge in [-0.2, -0.15) is 0 Å². The second-order valence-electron chi connectivity index (χ2n) is 12.4. The second kappa shape index (κ2) is 11.3. The fraction of sp³-hybridized carbons (Fsp3) is 0.759. The van der Waals surface area contributed by atoms with Crippen LogP contribution in [0, 0.1) is 11.3 Å². The lowest BCUT2D eigenvalue weighted by molar-refractivity contribution is 0.0528. The number of nitrogens with one attached hydrogen (secondary N) is 2. The van der Waals surface area contributed by atoms with Crippen LogP contribution in [-0.2, 0) is 6.54 Å². The lowest BCUT2D eigenvalue weighted by Gasteiger charge is -2.44. The molecule has 8 nitrogen and oxygen atoms in total. The first-order valence-electron chi connectivity index (χ1n) is 14.9. The van der Waals surface area contributed by atoms with Gasteiger partial charge >= 0.3 is 0 Å². The predicted octanol–water partition coefficient (Wildman–Crippen LogP) is 4.45. The highest BCUT2D eigenvalue weighted by molar-refractivity contribution is 5.90. The van der Waals surface area contributed by atoms with Gasteiger partial charge in [-0.3, -0.25) is 4.79 Å². The van der Waals surface area contributed by atoms with Crippen LogP contribution in [0.2, 0.25) is 0 Å². The van der Waals surface area contributed by atoms with E-state index in [1.54, 1.807) is 18.6 Å². The second-order valence-corrected chi connectivity index (χ2v) is 12.4. The molecule has 2 saturated heterocycles. The number of amides is 1. The first-order valence-corrected chi connectivity index (χ1v) is 14.9. The SMILES string of the molecule is O=C(c1ncc[nH]1)N(Cc1ncc[nH]1)C1CCC(CN2CCC3(CCN(C4CCCCC4)CC3)C2)CC1. The van der Waals surface area contributed by atoms with Crippen molar-refractivity contribution >= 4 is 5.91 Å². The number of aromatic nitrogens is 4. The summed E-state index contributed by atoms with van der Waals surface area (Å²) < 4.78 is 0. The molecule has 0 bridgehead atoms. The van der Waals surface area contributed by atoms with E-state index >= 15 is 0 Å². The molecule has 0 unspecified atom stereocenters. The van der Waals surface area contributed by atoms with Gasteiger partial charge in [0.1, 0.15) is 5.82 Å². The van der Waals surface area contributed by atoms with Crippen LogP contribution in [0.3, 0.4) is 0 Å². The summed E-state index contributed by atoms with van der Waals surface area (Å²) >= 11 is 0. The summed E-state index contributed by atoms with van der Waals surface area (Å²) in [6, 6.07) is 1.12. The van der Waals surface area contributed by atoms with Gasteiger partial charge in [-0.25, -0.2) is 9.97 Å². The summed E-state index contributed by atoms with van der Waals surface area (Å²) in [5.41, 5.74) is 0.581. The molecule has 6 rings (SSSR count). The zero-order valence-electron chi connectivity index (χ0n) is 22.4. The van der Waals surface area contributed by atoms with Gasteiger partial charge in [0.2, 0.25) is 0 Å². The van der Waals surface area contributed by atoms with E-state index in [0.717, 1.165) is 30.6 Å². The topological polar surface area (TPSA) is 84.1 Å². The van der Waals surface area contributed by atoms with E-state index in [-0.39, 0.29) is 11.9 Å². The number of imidazole rings is 2. The third-order valence-corrected chi connectivity index (χ3v) is 10.1. The smallest absolute Gasteiger partial charge is 0.290 e. The van der Waals surface area contributed by atoms with Crippen molar-refractivity contribution in [1.29, 1.82) is 0 Å². The third-order valence-electron chi connectivity index (χ3n) is 10.1. The highest BCUT2D eigenvalue weighted by Gasteiger charge is 2.42. The van der Waals surface area contributed by atoms with E-state index in [4.69, 9.17) is 0 Å². The Hall–Kier alpha value is -2.19. The highest BCUT2D eigenvalue weighted by atomic mass is 16.2. The minimum atomic E-state index is -0.0223. The molecule has 8 heteroatoms. The molecule has 4 heterocycles. The molecule has 0 radical (unpaired) electrons.